The molecule has 0 bridgehead atoms. The molecule has 0 fully saturated rings. The average Bonchev–Trinajstić information content (AvgIpc) is 2.57. The van der Waals surface area contributed by atoms with Gasteiger partial charge in [-0.05, 0) is 23.6 Å². The molecule has 1 aromatic rings. The number of halogens is 1. The lowest BCUT2D eigenvalue weighted by Gasteiger charge is -2.11. The summed E-state index contributed by atoms with van der Waals surface area (Å²) in [6, 6.07) is 5.60. The highest BCUT2D eigenvalue weighted by Gasteiger charge is 2.37. The summed E-state index contributed by atoms with van der Waals surface area (Å²) in [5.74, 6) is -0.825. The zero-order valence-electron chi connectivity index (χ0n) is 8.24. The van der Waals surface area contributed by atoms with Gasteiger partial charge in [-0.15, -0.1) is 0 Å². The number of aliphatic hydroxyl groups is 1. The molecule has 0 amide bonds. The van der Waals surface area contributed by atoms with Crippen molar-refractivity contribution in [3.63, 3.8) is 0 Å². The molecule has 0 saturated carbocycles. The highest BCUT2D eigenvalue weighted by Crippen LogP contribution is 2.39. The van der Waals surface area contributed by atoms with Crippen LogP contribution >= 0.6 is 15.9 Å². The second-order valence-corrected chi connectivity index (χ2v) is 4.44. The maximum atomic E-state index is 11.4. The van der Waals surface area contributed by atoms with Crippen LogP contribution in [0.4, 0.5) is 0 Å². The SMILES string of the molecule is COC(=O)C1Cc2c(Br)cccc2C1O. The van der Waals surface area contributed by atoms with E-state index in [1.807, 2.05) is 18.2 Å². The van der Waals surface area contributed by atoms with Crippen molar-refractivity contribution in [2.45, 2.75) is 12.5 Å². The first-order chi connectivity index (χ1) is 7.15. The number of esters is 1. The molecule has 2 rings (SSSR count). The Hall–Kier alpha value is -0.870. The van der Waals surface area contributed by atoms with Crippen molar-refractivity contribution in [2.24, 2.45) is 5.92 Å². The van der Waals surface area contributed by atoms with E-state index in [4.69, 9.17) is 0 Å². The van der Waals surface area contributed by atoms with Crippen molar-refractivity contribution in [1.29, 1.82) is 0 Å². The Bertz CT molecular complexity index is 403. The van der Waals surface area contributed by atoms with Crippen LogP contribution in [0.3, 0.4) is 0 Å². The predicted molar refractivity (Wildman–Crippen MR) is 58.3 cm³/mol. The van der Waals surface area contributed by atoms with Crippen molar-refractivity contribution in [3.8, 4) is 0 Å². The molecule has 1 aliphatic rings. The lowest BCUT2D eigenvalue weighted by atomic mass is 10.0. The fourth-order valence-electron chi connectivity index (χ4n) is 1.98. The van der Waals surface area contributed by atoms with Crippen LogP contribution in [0.25, 0.3) is 0 Å². The molecule has 2 atom stereocenters. The average molecular weight is 271 g/mol. The largest absolute Gasteiger partial charge is 0.469 e. The van der Waals surface area contributed by atoms with Gasteiger partial charge in [0.1, 0.15) is 0 Å². The number of aliphatic hydroxyl groups excluding tert-OH is 1. The summed E-state index contributed by atoms with van der Waals surface area (Å²) in [7, 11) is 1.34. The quantitative estimate of drug-likeness (QED) is 0.792. The molecule has 0 saturated heterocycles. The maximum absolute atomic E-state index is 11.4. The molecular formula is C11H11BrO3. The van der Waals surface area contributed by atoms with Crippen molar-refractivity contribution < 1.29 is 14.6 Å². The zero-order valence-corrected chi connectivity index (χ0v) is 9.82. The molecule has 1 N–H and O–H groups in total. The first kappa shape index (κ1) is 10.6. The fraction of sp³-hybridized carbons (Fsp3) is 0.364. The van der Waals surface area contributed by atoms with Gasteiger partial charge in [0.15, 0.2) is 0 Å². The summed E-state index contributed by atoms with van der Waals surface area (Å²) in [5.41, 5.74) is 1.82. The number of fused-ring (bicyclic) bond motifs is 1. The number of ether oxygens (including phenoxy) is 1. The fourth-order valence-corrected chi connectivity index (χ4v) is 2.52. The minimum absolute atomic E-state index is 0.356. The van der Waals surface area contributed by atoms with Gasteiger partial charge in [-0.2, -0.15) is 0 Å². The molecule has 0 aromatic heterocycles. The lowest BCUT2D eigenvalue weighted by Crippen LogP contribution is -2.20. The summed E-state index contributed by atoms with van der Waals surface area (Å²) >= 11 is 3.41. The van der Waals surface area contributed by atoms with Gasteiger partial charge in [0.2, 0.25) is 0 Å². The second-order valence-electron chi connectivity index (χ2n) is 3.59. The Kier molecular flexibility index (Phi) is 2.80. The van der Waals surface area contributed by atoms with E-state index in [0.717, 1.165) is 15.6 Å². The molecule has 0 heterocycles. The molecule has 15 heavy (non-hydrogen) atoms. The van der Waals surface area contributed by atoms with E-state index in [9.17, 15) is 9.90 Å². The van der Waals surface area contributed by atoms with Crippen LogP contribution < -0.4 is 0 Å². The van der Waals surface area contributed by atoms with E-state index in [0.29, 0.717) is 6.42 Å². The van der Waals surface area contributed by atoms with Gasteiger partial charge in [0.05, 0.1) is 19.1 Å². The van der Waals surface area contributed by atoms with Crippen LogP contribution in [0.5, 0.6) is 0 Å². The van der Waals surface area contributed by atoms with E-state index >= 15 is 0 Å². The van der Waals surface area contributed by atoms with Crippen LogP contribution in [0.2, 0.25) is 0 Å². The van der Waals surface area contributed by atoms with Gasteiger partial charge in [-0.1, -0.05) is 28.1 Å². The summed E-state index contributed by atoms with van der Waals surface area (Å²) in [6.45, 7) is 0. The molecule has 0 spiro atoms. The van der Waals surface area contributed by atoms with Crippen LogP contribution in [0.15, 0.2) is 22.7 Å². The van der Waals surface area contributed by atoms with E-state index in [1.54, 1.807) is 0 Å². The molecule has 1 aliphatic carbocycles. The molecule has 2 unspecified atom stereocenters. The van der Waals surface area contributed by atoms with Gasteiger partial charge in [-0.3, -0.25) is 4.79 Å². The van der Waals surface area contributed by atoms with Crippen molar-refractivity contribution in [1.82, 2.24) is 0 Å². The second kappa shape index (κ2) is 3.94. The standard InChI is InChI=1S/C11H11BrO3/c1-15-11(14)8-5-7-6(10(8)13)3-2-4-9(7)12/h2-4,8,10,13H,5H2,1H3. The van der Waals surface area contributed by atoms with Gasteiger partial charge < -0.3 is 9.84 Å². The Labute approximate surface area is 96.2 Å². The Morgan fingerprint density at radius 2 is 2.33 bits per heavy atom. The minimum atomic E-state index is -0.745. The Morgan fingerprint density at radius 3 is 2.93 bits per heavy atom. The third kappa shape index (κ3) is 1.68. The third-order valence-electron chi connectivity index (χ3n) is 2.78. The number of rotatable bonds is 1. The van der Waals surface area contributed by atoms with Crippen molar-refractivity contribution in [2.75, 3.05) is 7.11 Å². The minimum Gasteiger partial charge on any atom is -0.469 e. The number of carbonyl (C=O) groups excluding carboxylic acids is 1. The molecule has 4 heteroatoms. The Morgan fingerprint density at radius 1 is 1.60 bits per heavy atom. The summed E-state index contributed by atoms with van der Waals surface area (Å²) < 4.78 is 5.60. The molecular weight excluding hydrogens is 260 g/mol. The summed E-state index contributed by atoms with van der Waals surface area (Å²) in [6.07, 6.45) is -0.213. The smallest absolute Gasteiger partial charge is 0.311 e. The van der Waals surface area contributed by atoms with E-state index in [2.05, 4.69) is 20.7 Å². The van der Waals surface area contributed by atoms with Gasteiger partial charge >= 0.3 is 5.97 Å². The molecule has 80 valence electrons. The molecule has 0 radical (unpaired) electrons. The van der Waals surface area contributed by atoms with Gasteiger partial charge in [0, 0.05) is 4.47 Å². The van der Waals surface area contributed by atoms with Gasteiger partial charge in [0.25, 0.3) is 0 Å². The summed E-state index contributed by atoms with van der Waals surface area (Å²) in [4.78, 5) is 11.4. The molecule has 3 nitrogen and oxygen atoms in total. The zero-order chi connectivity index (χ0) is 11.0. The van der Waals surface area contributed by atoms with Crippen molar-refractivity contribution in [3.05, 3.63) is 33.8 Å². The first-order valence-electron chi connectivity index (χ1n) is 4.68. The normalized spacial score (nSPS) is 23.7. The van der Waals surface area contributed by atoms with Crippen molar-refractivity contribution >= 4 is 21.9 Å². The van der Waals surface area contributed by atoms with Crippen LogP contribution in [-0.2, 0) is 16.0 Å². The third-order valence-corrected chi connectivity index (χ3v) is 3.53. The highest BCUT2D eigenvalue weighted by atomic mass is 79.9. The first-order valence-corrected chi connectivity index (χ1v) is 5.47. The van der Waals surface area contributed by atoms with Crippen LogP contribution in [0, 0.1) is 5.92 Å². The monoisotopic (exact) mass is 270 g/mol. The van der Waals surface area contributed by atoms with E-state index in [1.165, 1.54) is 7.11 Å². The number of carbonyl (C=O) groups is 1. The number of hydrogen-bond donors (Lipinski definition) is 1. The number of methoxy groups -OCH3 is 1. The van der Waals surface area contributed by atoms with Crippen LogP contribution in [0.1, 0.15) is 17.2 Å². The van der Waals surface area contributed by atoms with Gasteiger partial charge in [-0.25, -0.2) is 0 Å². The summed E-state index contributed by atoms with van der Waals surface area (Å²) in [5, 5.41) is 9.95. The Balaban J connectivity index is 2.37. The van der Waals surface area contributed by atoms with Crippen LogP contribution in [-0.4, -0.2) is 18.2 Å². The number of hydrogen-bond acceptors (Lipinski definition) is 3. The molecule has 0 aliphatic heterocycles. The predicted octanol–water partition coefficient (Wildman–Crippen LogP) is 1.83. The topological polar surface area (TPSA) is 46.5 Å². The molecule has 1 aromatic carbocycles. The van der Waals surface area contributed by atoms with E-state index < -0.39 is 12.0 Å². The maximum Gasteiger partial charge on any atom is 0.311 e. The highest BCUT2D eigenvalue weighted by molar-refractivity contribution is 9.10. The number of benzene rings is 1. The lowest BCUT2D eigenvalue weighted by molar-refractivity contribution is -0.148. The van der Waals surface area contributed by atoms with E-state index in [-0.39, 0.29) is 5.97 Å².